The Hall–Kier alpha value is -1.88. The van der Waals surface area contributed by atoms with Crippen molar-refractivity contribution in [3.63, 3.8) is 0 Å². The second kappa shape index (κ2) is 5.84. The number of unbranched alkanes of at least 4 members (excludes halogenated alkanes) is 1. The highest BCUT2D eigenvalue weighted by Crippen LogP contribution is 2.24. The lowest BCUT2D eigenvalue weighted by atomic mass is 10.1. The molecule has 2 rings (SSSR count). The molecular weight excluding hydrogens is 244 g/mol. The van der Waals surface area contributed by atoms with Crippen molar-refractivity contribution in [2.75, 3.05) is 25.5 Å². The molecule has 0 spiro atoms. The van der Waals surface area contributed by atoms with Gasteiger partial charge in [0.25, 0.3) is 11.8 Å². The van der Waals surface area contributed by atoms with Gasteiger partial charge in [-0.2, -0.15) is 0 Å². The molecule has 1 aromatic rings. The van der Waals surface area contributed by atoms with Gasteiger partial charge in [0.1, 0.15) is 0 Å². The Morgan fingerprint density at radius 2 is 1.89 bits per heavy atom. The summed E-state index contributed by atoms with van der Waals surface area (Å²) in [4.78, 5) is 25.3. The number of fused-ring (bicyclic) bond motifs is 1. The first-order chi connectivity index (χ1) is 9.15. The topological polar surface area (TPSA) is 72.6 Å². The molecule has 0 atom stereocenters. The van der Waals surface area contributed by atoms with Gasteiger partial charge in [-0.1, -0.05) is 13.3 Å². The normalized spacial score (nSPS) is 14.1. The summed E-state index contributed by atoms with van der Waals surface area (Å²) >= 11 is 0. The lowest BCUT2D eigenvalue weighted by molar-refractivity contribution is 0.0561. The number of anilines is 1. The second-order valence-corrected chi connectivity index (χ2v) is 4.53. The standard InChI is InChI=1S/C14H18N2O3/c1-2-3-7-19-8-6-16-13(17)11-5-4-10(15)9-12(11)14(16)18/h4-5,9H,2-3,6-8,15H2,1H3. The summed E-state index contributed by atoms with van der Waals surface area (Å²) in [6.07, 6.45) is 2.05. The maximum absolute atomic E-state index is 12.1. The number of hydrogen-bond acceptors (Lipinski definition) is 4. The van der Waals surface area contributed by atoms with E-state index in [0.717, 1.165) is 12.8 Å². The van der Waals surface area contributed by atoms with Gasteiger partial charge in [-0.05, 0) is 24.6 Å². The molecule has 5 heteroatoms. The van der Waals surface area contributed by atoms with E-state index in [1.54, 1.807) is 18.2 Å². The molecule has 0 fully saturated rings. The number of rotatable bonds is 6. The molecule has 0 aromatic heterocycles. The zero-order valence-corrected chi connectivity index (χ0v) is 11.0. The molecule has 1 aromatic carbocycles. The number of ether oxygens (including phenoxy) is 1. The van der Waals surface area contributed by atoms with E-state index >= 15 is 0 Å². The fourth-order valence-electron chi connectivity index (χ4n) is 2.02. The van der Waals surface area contributed by atoms with E-state index in [9.17, 15) is 9.59 Å². The lowest BCUT2D eigenvalue weighted by Crippen LogP contribution is -2.33. The maximum atomic E-state index is 12.1. The van der Waals surface area contributed by atoms with Gasteiger partial charge >= 0.3 is 0 Å². The van der Waals surface area contributed by atoms with Crippen LogP contribution in [0.4, 0.5) is 5.69 Å². The molecule has 0 unspecified atom stereocenters. The average Bonchev–Trinajstić information content (AvgIpc) is 2.63. The fourth-order valence-corrected chi connectivity index (χ4v) is 2.02. The molecule has 2 N–H and O–H groups in total. The van der Waals surface area contributed by atoms with Gasteiger partial charge in [-0.15, -0.1) is 0 Å². The Bertz CT molecular complexity index is 499. The number of nitrogen functional groups attached to an aromatic ring is 1. The minimum Gasteiger partial charge on any atom is -0.399 e. The van der Waals surface area contributed by atoms with Gasteiger partial charge in [-0.25, -0.2) is 0 Å². The van der Waals surface area contributed by atoms with E-state index in [1.165, 1.54) is 4.90 Å². The molecule has 19 heavy (non-hydrogen) atoms. The molecule has 5 nitrogen and oxygen atoms in total. The second-order valence-electron chi connectivity index (χ2n) is 4.53. The van der Waals surface area contributed by atoms with Gasteiger partial charge in [0.2, 0.25) is 0 Å². The van der Waals surface area contributed by atoms with Crippen molar-refractivity contribution in [1.82, 2.24) is 4.90 Å². The van der Waals surface area contributed by atoms with E-state index in [2.05, 4.69) is 6.92 Å². The Morgan fingerprint density at radius 3 is 2.63 bits per heavy atom. The lowest BCUT2D eigenvalue weighted by Gasteiger charge is -2.13. The Labute approximate surface area is 112 Å². The first-order valence-corrected chi connectivity index (χ1v) is 6.48. The quantitative estimate of drug-likeness (QED) is 0.481. The van der Waals surface area contributed by atoms with E-state index < -0.39 is 0 Å². The minimum absolute atomic E-state index is 0.265. The number of carbonyl (C=O) groups excluding carboxylic acids is 2. The maximum Gasteiger partial charge on any atom is 0.261 e. The molecule has 1 aliphatic rings. The summed E-state index contributed by atoms with van der Waals surface area (Å²) in [5.74, 6) is -0.550. The highest BCUT2D eigenvalue weighted by Gasteiger charge is 2.35. The third-order valence-corrected chi connectivity index (χ3v) is 3.10. The first kappa shape index (κ1) is 13.5. The van der Waals surface area contributed by atoms with Crippen LogP contribution in [0.2, 0.25) is 0 Å². The van der Waals surface area contributed by atoms with Crippen molar-refractivity contribution in [3.05, 3.63) is 29.3 Å². The number of carbonyl (C=O) groups is 2. The number of imide groups is 1. The van der Waals surface area contributed by atoms with E-state index in [4.69, 9.17) is 10.5 Å². The average molecular weight is 262 g/mol. The number of hydrogen-bond donors (Lipinski definition) is 1. The smallest absolute Gasteiger partial charge is 0.261 e. The molecule has 0 saturated carbocycles. The molecule has 0 bridgehead atoms. The number of nitrogens with zero attached hydrogens (tertiary/aromatic N) is 1. The summed E-state index contributed by atoms with van der Waals surface area (Å²) in [6.45, 7) is 3.40. The van der Waals surface area contributed by atoms with Crippen molar-refractivity contribution in [1.29, 1.82) is 0 Å². The molecule has 1 heterocycles. The Kier molecular flexibility index (Phi) is 4.16. The molecule has 0 radical (unpaired) electrons. The zero-order chi connectivity index (χ0) is 13.8. The first-order valence-electron chi connectivity index (χ1n) is 6.48. The van der Waals surface area contributed by atoms with Crippen molar-refractivity contribution in [2.24, 2.45) is 0 Å². The summed E-state index contributed by atoms with van der Waals surface area (Å²) in [5, 5.41) is 0. The number of amides is 2. The number of benzene rings is 1. The third-order valence-electron chi connectivity index (χ3n) is 3.10. The predicted octanol–water partition coefficient (Wildman–Crippen LogP) is 1.68. The SMILES string of the molecule is CCCCOCCN1C(=O)c2ccc(N)cc2C1=O. The summed E-state index contributed by atoms with van der Waals surface area (Å²) < 4.78 is 5.38. The van der Waals surface area contributed by atoms with Crippen LogP contribution < -0.4 is 5.73 Å². The molecule has 2 amide bonds. The van der Waals surface area contributed by atoms with Crippen molar-refractivity contribution in [2.45, 2.75) is 19.8 Å². The van der Waals surface area contributed by atoms with Gasteiger partial charge in [0, 0.05) is 12.3 Å². The molecule has 0 aliphatic carbocycles. The van der Waals surface area contributed by atoms with Crippen LogP contribution in [-0.4, -0.2) is 36.5 Å². The molecule has 0 saturated heterocycles. The van der Waals surface area contributed by atoms with Crippen LogP contribution in [0.25, 0.3) is 0 Å². The van der Waals surface area contributed by atoms with Crippen LogP contribution in [-0.2, 0) is 4.74 Å². The van der Waals surface area contributed by atoms with Gasteiger partial charge in [-0.3, -0.25) is 14.5 Å². The Morgan fingerprint density at radius 1 is 1.16 bits per heavy atom. The minimum atomic E-state index is -0.286. The van der Waals surface area contributed by atoms with E-state index in [1.807, 2.05) is 0 Å². The summed E-state index contributed by atoms with van der Waals surface area (Å²) in [5.41, 5.74) is 6.93. The monoisotopic (exact) mass is 262 g/mol. The van der Waals surface area contributed by atoms with Crippen LogP contribution in [0.5, 0.6) is 0 Å². The zero-order valence-electron chi connectivity index (χ0n) is 11.0. The Balaban J connectivity index is 1.98. The van der Waals surface area contributed by atoms with Crippen LogP contribution >= 0.6 is 0 Å². The largest absolute Gasteiger partial charge is 0.399 e. The summed E-state index contributed by atoms with van der Waals surface area (Å²) in [6, 6.07) is 4.78. The third kappa shape index (κ3) is 2.76. The van der Waals surface area contributed by atoms with E-state index in [0.29, 0.717) is 30.0 Å². The predicted molar refractivity (Wildman–Crippen MR) is 71.9 cm³/mol. The molecule has 1 aliphatic heterocycles. The van der Waals surface area contributed by atoms with Crippen LogP contribution in [0.3, 0.4) is 0 Å². The summed E-state index contributed by atoms with van der Waals surface area (Å²) in [7, 11) is 0. The highest BCUT2D eigenvalue weighted by atomic mass is 16.5. The van der Waals surface area contributed by atoms with Gasteiger partial charge < -0.3 is 10.5 Å². The van der Waals surface area contributed by atoms with E-state index in [-0.39, 0.29) is 18.4 Å². The number of nitrogens with two attached hydrogens (primary N) is 1. The van der Waals surface area contributed by atoms with Gasteiger partial charge in [0.15, 0.2) is 0 Å². The van der Waals surface area contributed by atoms with Crippen LogP contribution in [0.1, 0.15) is 40.5 Å². The highest BCUT2D eigenvalue weighted by molar-refractivity contribution is 6.21. The van der Waals surface area contributed by atoms with Crippen molar-refractivity contribution >= 4 is 17.5 Å². The molecular formula is C14H18N2O3. The van der Waals surface area contributed by atoms with Crippen LogP contribution in [0, 0.1) is 0 Å². The fraction of sp³-hybridized carbons (Fsp3) is 0.429. The van der Waals surface area contributed by atoms with Crippen molar-refractivity contribution < 1.29 is 14.3 Å². The van der Waals surface area contributed by atoms with Crippen LogP contribution in [0.15, 0.2) is 18.2 Å². The van der Waals surface area contributed by atoms with Crippen molar-refractivity contribution in [3.8, 4) is 0 Å². The molecule has 102 valence electrons. The van der Waals surface area contributed by atoms with Gasteiger partial charge in [0.05, 0.1) is 24.3 Å².